The van der Waals surface area contributed by atoms with Crippen molar-refractivity contribution in [3.63, 3.8) is 0 Å². The second-order valence-electron chi connectivity index (χ2n) is 5.99. The molecule has 1 aliphatic heterocycles. The molecule has 0 aliphatic carbocycles. The molecule has 0 atom stereocenters. The van der Waals surface area contributed by atoms with Crippen molar-refractivity contribution >= 4 is 28.4 Å². The maximum Gasteiger partial charge on any atom is 0.251 e. The quantitative estimate of drug-likeness (QED) is 0.746. The van der Waals surface area contributed by atoms with E-state index in [1.165, 1.54) is 5.56 Å². The SMILES string of the molecule is Cc1[nH]c2ccc(Cl)cc2c1CCNC(=O)c1ccc2c(c1)OCO2. The minimum atomic E-state index is -0.131. The third kappa shape index (κ3) is 3.03. The maximum absolute atomic E-state index is 12.3. The molecule has 3 aromatic rings. The smallest absolute Gasteiger partial charge is 0.251 e. The Morgan fingerprint density at radius 2 is 2.04 bits per heavy atom. The van der Waals surface area contributed by atoms with Gasteiger partial charge in [0.25, 0.3) is 5.91 Å². The minimum absolute atomic E-state index is 0.131. The highest BCUT2D eigenvalue weighted by atomic mass is 35.5. The fourth-order valence-corrected chi connectivity index (χ4v) is 3.29. The summed E-state index contributed by atoms with van der Waals surface area (Å²) in [6.07, 6.45) is 0.725. The molecule has 1 amide bonds. The highest BCUT2D eigenvalue weighted by Gasteiger charge is 2.16. The van der Waals surface area contributed by atoms with Crippen LogP contribution < -0.4 is 14.8 Å². The summed E-state index contributed by atoms with van der Waals surface area (Å²) in [6.45, 7) is 2.76. The number of aryl methyl sites for hydroxylation is 1. The average molecular weight is 357 g/mol. The number of hydrogen-bond acceptors (Lipinski definition) is 3. The molecule has 1 aliphatic rings. The summed E-state index contributed by atoms with van der Waals surface area (Å²) in [7, 11) is 0. The molecule has 0 radical (unpaired) electrons. The van der Waals surface area contributed by atoms with Gasteiger partial charge < -0.3 is 19.8 Å². The Labute approximate surface area is 149 Å². The number of aromatic nitrogens is 1. The first kappa shape index (κ1) is 15.8. The van der Waals surface area contributed by atoms with E-state index >= 15 is 0 Å². The fraction of sp³-hybridized carbons (Fsp3) is 0.211. The van der Waals surface area contributed by atoms with Crippen LogP contribution in [0.2, 0.25) is 5.02 Å². The van der Waals surface area contributed by atoms with Crippen LogP contribution in [-0.2, 0) is 6.42 Å². The Morgan fingerprint density at radius 1 is 1.20 bits per heavy atom. The van der Waals surface area contributed by atoms with Gasteiger partial charge >= 0.3 is 0 Å². The topological polar surface area (TPSA) is 63.4 Å². The molecule has 5 nitrogen and oxygen atoms in total. The molecule has 0 spiro atoms. The third-order valence-corrected chi connectivity index (χ3v) is 4.61. The summed E-state index contributed by atoms with van der Waals surface area (Å²) in [5.74, 6) is 1.14. The molecule has 0 unspecified atom stereocenters. The summed E-state index contributed by atoms with van der Waals surface area (Å²) in [5, 5.41) is 4.76. The van der Waals surface area contributed by atoms with Crippen molar-refractivity contribution in [3.05, 3.63) is 58.2 Å². The first-order valence-corrected chi connectivity index (χ1v) is 8.44. The molecule has 2 heterocycles. The molecule has 25 heavy (non-hydrogen) atoms. The van der Waals surface area contributed by atoms with Gasteiger partial charge in [-0.05, 0) is 55.3 Å². The molecule has 2 aromatic carbocycles. The zero-order valence-electron chi connectivity index (χ0n) is 13.7. The average Bonchev–Trinajstić information content (AvgIpc) is 3.18. The Balaban J connectivity index is 1.45. The van der Waals surface area contributed by atoms with Crippen LogP contribution in [0.1, 0.15) is 21.6 Å². The summed E-state index contributed by atoms with van der Waals surface area (Å²) in [5.41, 5.74) is 3.88. The van der Waals surface area contributed by atoms with Gasteiger partial charge in [0.15, 0.2) is 11.5 Å². The number of aromatic amines is 1. The van der Waals surface area contributed by atoms with Crippen LogP contribution in [0, 0.1) is 6.92 Å². The molecule has 0 fully saturated rings. The van der Waals surface area contributed by atoms with Crippen LogP contribution in [-0.4, -0.2) is 24.2 Å². The van der Waals surface area contributed by atoms with E-state index in [9.17, 15) is 4.79 Å². The lowest BCUT2D eigenvalue weighted by atomic mass is 10.1. The molecule has 0 saturated carbocycles. The predicted molar refractivity (Wildman–Crippen MR) is 96.6 cm³/mol. The molecule has 6 heteroatoms. The largest absolute Gasteiger partial charge is 0.454 e. The van der Waals surface area contributed by atoms with Crippen molar-refractivity contribution in [1.29, 1.82) is 0 Å². The lowest BCUT2D eigenvalue weighted by Crippen LogP contribution is -2.25. The van der Waals surface area contributed by atoms with Crippen LogP contribution in [0.3, 0.4) is 0 Å². The van der Waals surface area contributed by atoms with Crippen LogP contribution in [0.4, 0.5) is 0 Å². The Hall–Kier alpha value is -2.66. The molecular weight excluding hydrogens is 340 g/mol. The zero-order valence-corrected chi connectivity index (χ0v) is 14.4. The van der Waals surface area contributed by atoms with E-state index in [0.29, 0.717) is 28.6 Å². The van der Waals surface area contributed by atoms with Crippen molar-refractivity contribution < 1.29 is 14.3 Å². The van der Waals surface area contributed by atoms with Crippen molar-refractivity contribution in [2.75, 3.05) is 13.3 Å². The zero-order chi connectivity index (χ0) is 17.4. The molecular formula is C19H17ClN2O3. The Morgan fingerprint density at radius 3 is 2.92 bits per heavy atom. The van der Waals surface area contributed by atoms with Gasteiger partial charge in [-0.15, -0.1) is 0 Å². The Kier molecular flexibility index (Phi) is 4.01. The van der Waals surface area contributed by atoms with Gasteiger partial charge in [-0.1, -0.05) is 11.6 Å². The third-order valence-electron chi connectivity index (χ3n) is 4.38. The van der Waals surface area contributed by atoms with Crippen LogP contribution in [0.25, 0.3) is 10.9 Å². The standard InChI is InChI=1S/C19H17ClN2O3/c1-11-14(15-9-13(20)3-4-16(15)22-11)6-7-21-19(23)12-2-5-17-18(8-12)25-10-24-17/h2-5,8-9,22H,6-7,10H2,1H3,(H,21,23). The number of ether oxygens (including phenoxy) is 2. The maximum atomic E-state index is 12.3. The second-order valence-corrected chi connectivity index (χ2v) is 6.43. The fourth-order valence-electron chi connectivity index (χ4n) is 3.12. The molecule has 0 bridgehead atoms. The number of carbonyl (C=O) groups is 1. The highest BCUT2D eigenvalue weighted by molar-refractivity contribution is 6.31. The molecule has 4 rings (SSSR count). The van der Waals surface area contributed by atoms with Gasteiger partial charge in [-0.3, -0.25) is 4.79 Å². The highest BCUT2D eigenvalue weighted by Crippen LogP contribution is 2.32. The number of H-pyrrole nitrogens is 1. The molecule has 2 N–H and O–H groups in total. The first-order valence-electron chi connectivity index (χ1n) is 8.06. The summed E-state index contributed by atoms with van der Waals surface area (Å²) >= 11 is 6.11. The van der Waals surface area contributed by atoms with Crippen LogP contribution in [0.15, 0.2) is 36.4 Å². The molecule has 128 valence electrons. The lowest BCUT2D eigenvalue weighted by Gasteiger charge is -2.07. The van der Waals surface area contributed by atoms with E-state index in [4.69, 9.17) is 21.1 Å². The van der Waals surface area contributed by atoms with E-state index in [1.807, 2.05) is 25.1 Å². The lowest BCUT2D eigenvalue weighted by molar-refractivity contribution is 0.0953. The van der Waals surface area contributed by atoms with Crippen molar-refractivity contribution in [1.82, 2.24) is 10.3 Å². The van der Waals surface area contributed by atoms with Crippen molar-refractivity contribution in [2.45, 2.75) is 13.3 Å². The summed E-state index contributed by atoms with van der Waals surface area (Å²) in [6, 6.07) is 11.0. The number of halogens is 1. The van der Waals surface area contributed by atoms with E-state index in [-0.39, 0.29) is 12.7 Å². The number of hydrogen-bond donors (Lipinski definition) is 2. The normalized spacial score (nSPS) is 12.6. The van der Waals surface area contributed by atoms with Gasteiger partial charge in [0.05, 0.1) is 0 Å². The van der Waals surface area contributed by atoms with Crippen molar-refractivity contribution in [2.24, 2.45) is 0 Å². The van der Waals surface area contributed by atoms with E-state index in [0.717, 1.165) is 23.0 Å². The van der Waals surface area contributed by atoms with Gasteiger partial charge in [0.2, 0.25) is 6.79 Å². The second kappa shape index (κ2) is 6.33. The number of amides is 1. The van der Waals surface area contributed by atoms with Crippen LogP contribution in [0.5, 0.6) is 11.5 Å². The van der Waals surface area contributed by atoms with Crippen LogP contribution >= 0.6 is 11.6 Å². The van der Waals surface area contributed by atoms with E-state index < -0.39 is 0 Å². The molecule has 1 aromatic heterocycles. The summed E-state index contributed by atoms with van der Waals surface area (Å²) < 4.78 is 10.6. The number of nitrogens with one attached hydrogen (secondary N) is 2. The predicted octanol–water partition coefficient (Wildman–Crippen LogP) is 3.83. The molecule has 0 saturated heterocycles. The number of carbonyl (C=O) groups excluding carboxylic acids is 1. The Bertz CT molecular complexity index is 965. The van der Waals surface area contributed by atoms with Gasteiger partial charge in [-0.25, -0.2) is 0 Å². The number of rotatable bonds is 4. The van der Waals surface area contributed by atoms with E-state index in [2.05, 4.69) is 10.3 Å². The van der Waals surface area contributed by atoms with Crippen molar-refractivity contribution in [3.8, 4) is 11.5 Å². The van der Waals surface area contributed by atoms with E-state index in [1.54, 1.807) is 18.2 Å². The van der Waals surface area contributed by atoms with Gasteiger partial charge in [0.1, 0.15) is 0 Å². The monoisotopic (exact) mass is 356 g/mol. The minimum Gasteiger partial charge on any atom is -0.454 e. The van der Waals surface area contributed by atoms with Gasteiger partial charge in [-0.2, -0.15) is 0 Å². The first-order chi connectivity index (χ1) is 12.1. The van der Waals surface area contributed by atoms with Gasteiger partial charge in [0, 0.05) is 33.7 Å². The summed E-state index contributed by atoms with van der Waals surface area (Å²) in [4.78, 5) is 15.7. The number of fused-ring (bicyclic) bond motifs is 2. The number of benzene rings is 2.